The topological polar surface area (TPSA) is 63.9 Å². The molecule has 0 radical (unpaired) electrons. The van der Waals surface area contributed by atoms with E-state index in [0.29, 0.717) is 31.3 Å². The molecule has 3 aromatic rings. The van der Waals surface area contributed by atoms with E-state index in [1.807, 2.05) is 36.4 Å². The lowest BCUT2D eigenvalue weighted by molar-refractivity contribution is 0.0916. The normalized spacial score (nSPS) is 12.5. The quantitative estimate of drug-likeness (QED) is 0.548. The van der Waals surface area contributed by atoms with Crippen LogP contribution in [0.1, 0.15) is 41.3 Å². The molecule has 31 heavy (non-hydrogen) atoms. The van der Waals surface area contributed by atoms with Gasteiger partial charge in [-0.3, -0.25) is 9.69 Å². The Kier molecular flexibility index (Phi) is 6.57. The van der Waals surface area contributed by atoms with Crippen LogP contribution in [0.15, 0.2) is 65.1 Å². The van der Waals surface area contributed by atoms with E-state index in [-0.39, 0.29) is 12.7 Å². The van der Waals surface area contributed by atoms with Crippen molar-refractivity contribution >= 4 is 5.91 Å². The largest absolute Gasteiger partial charge is 0.455 e. The highest BCUT2D eigenvalue weighted by molar-refractivity contribution is 5.91. The van der Waals surface area contributed by atoms with Crippen molar-refractivity contribution < 1.29 is 18.7 Å². The lowest BCUT2D eigenvalue weighted by Gasteiger charge is -2.22. The molecule has 6 heteroatoms. The predicted molar refractivity (Wildman–Crippen MR) is 118 cm³/mol. The van der Waals surface area contributed by atoms with Gasteiger partial charge in [-0.05, 0) is 41.3 Å². The van der Waals surface area contributed by atoms with E-state index in [1.165, 1.54) is 5.56 Å². The fourth-order valence-electron chi connectivity index (χ4n) is 3.50. The third kappa shape index (κ3) is 5.67. The summed E-state index contributed by atoms with van der Waals surface area (Å²) in [6.45, 7) is 7.06. The van der Waals surface area contributed by atoms with Gasteiger partial charge in [-0.25, -0.2) is 0 Å². The van der Waals surface area contributed by atoms with Crippen molar-refractivity contribution in [2.75, 3.05) is 13.3 Å². The Hall–Kier alpha value is -3.25. The van der Waals surface area contributed by atoms with E-state index in [2.05, 4.69) is 42.3 Å². The molecule has 6 nitrogen and oxygen atoms in total. The first-order valence-electron chi connectivity index (χ1n) is 10.6. The smallest absolute Gasteiger partial charge is 0.287 e. The van der Waals surface area contributed by atoms with E-state index < -0.39 is 0 Å². The average molecular weight is 421 g/mol. The van der Waals surface area contributed by atoms with Gasteiger partial charge >= 0.3 is 0 Å². The van der Waals surface area contributed by atoms with Crippen molar-refractivity contribution in [3.8, 4) is 11.5 Å². The highest BCUT2D eigenvalue weighted by atomic mass is 16.7. The summed E-state index contributed by atoms with van der Waals surface area (Å²) in [5.41, 5.74) is 2.34. The molecule has 1 amide bonds. The number of ether oxygens (including phenoxy) is 2. The Morgan fingerprint density at radius 3 is 2.52 bits per heavy atom. The summed E-state index contributed by atoms with van der Waals surface area (Å²) in [5.74, 6) is 2.87. The SMILES string of the molecule is CC(C)CNC(=O)c1ccc(CN(Cc2ccccc2)Cc2ccc3c(c2)OCO3)o1. The first kappa shape index (κ1) is 21.0. The average Bonchev–Trinajstić information content (AvgIpc) is 3.42. The number of carbonyl (C=O) groups is 1. The fourth-order valence-corrected chi connectivity index (χ4v) is 3.50. The van der Waals surface area contributed by atoms with Crippen LogP contribution < -0.4 is 14.8 Å². The Labute approximate surface area is 182 Å². The summed E-state index contributed by atoms with van der Waals surface area (Å²) in [6, 6.07) is 20.0. The second kappa shape index (κ2) is 9.71. The van der Waals surface area contributed by atoms with E-state index in [9.17, 15) is 4.79 Å². The molecule has 0 unspecified atom stereocenters. The molecule has 0 atom stereocenters. The summed E-state index contributed by atoms with van der Waals surface area (Å²) >= 11 is 0. The molecule has 2 aromatic carbocycles. The molecule has 1 N–H and O–H groups in total. The van der Waals surface area contributed by atoms with Gasteiger partial charge in [0.1, 0.15) is 5.76 Å². The van der Waals surface area contributed by atoms with Gasteiger partial charge in [-0.1, -0.05) is 50.2 Å². The summed E-state index contributed by atoms with van der Waals surface area (Å²) < 4.78 is 16.8. The van der Waals surface area contributed by atoms with Crippen LogP contribution >= 0.6 is 0 Å². The molecule has 0 saturated heterocycles. The number of carbonyl (C=O) groups excluding carboxylic acids is 1. The number of rotatable bonds is 9. The number of furan rings is 1. The van der Waals surface area contributed by atoms with Crippen LogP contribution in [0, 0.1) is 5.92 Å². The van der Waals surface area contributed by atoms with Crippen LogP contribution in [-0.2, 0) is 19.6 Å². The molecule has 0 spiro atoms. The fraction of sp³-hybridized carbons (Fsp3) is 0.320. The number of nitrogens with zero attached hydrogens (tertiary/aromatic N) is 1. The van der Waals surface area contributed by atoms with Gasteiger partial charge in [-0.15, -0.1) is 0 Å². The standard InChI is InChI=1S/C25H28N2O4/c1-18(2)13-26-25(28)23-11-9-21(31-23)16-27(14-19-6-4-3-5-7-19)15-20-8-10-22-24(12-20)30-17-29-22/h3-12,18H,13-17H2,1-2H3,(H,26,28). The molecule has 0 fully saturated rings. The molecule has 162 valence electrons. The monoisotopic (exact) mass is 420 g/mol. The van der Waals surface area contributed by atoms with E-state index in [0.717, 1.165) is 29.4 Å². The van der Waals surface area contributed by atoms with Crippen LogP contribution in [0.5, 0.6) is 11.5 Å². The van der Waals surface area contributed by atoms with Gasteiger partial charge in [0.05, 0.1) is 6.54 Å². The maximum Gasteiger partial charge on any atom is 0.287 e. The first-order chi connectivity index (χ1) is 15.1. The van der Waals surface area contributed by atoms with Gasteiger partial charge in [0.2, 0.25) is 6.79 Å². The zero-order chi connectivity index (χ0) is 21.6. The predicted octanol–water partition coefficient (Wildman–Crippen LogP) is 4.60. The summed E-state index contributed by atoms with van der Waals surface area (Å²) in [6.07, 6.45) is 0. The molecule has 0 bridgehead atoms. The van der Waals surface area contributed by atoms with Gasteiger partial charge in [0.25, 0.3) is 5.91 Å². The number of nitrogens with one attached hydrogen (secondary N) is 1. The van der Waals surface area contributed by atoms with Crippen LogP contribution in [0.4, 0.5) is 0 Å². The Morgan fingerprint density at radius 2 is 1.71 bits per heavy atom. The van der Waals surface area contributed by atoms with Crippen LogP contribution in [0.3, 0.4) is 0 Å². The highest BCUT2D eigenvalue weighted by Crippen LogP contribution is 2.33. The number of amides is 1. The molecule has 1 aromatic heterocycles. The molecular formula is C25H28N2O4. The van der Waals surface area contributed by atoms with Crippen LogP contribution in [0.25, 0.3) is 0 Å². The summed E-state index contributed by atoms with van der Waals surface area (Å²) in [4.78, 5) is 14.6. The third-order valence-electron chi connectivity index (χ3n) is 5.03. The number of fused-ring (bicyclic) bond motifs is 1. The first-order valence-corrected chi connectivity index (χ1v) is 10.6. The molecule has 0 saturated carbocycles. The van der Waals surface area contributed by atoms with E-state index in [1.54, 1.807) is 6.07 Å². The molecule has 1 aliphatic rings. The Bertz CT molecular complexity index is 1010. The van der Waals surface area contributed by atoms with Crippen LogP contribution in [0.2, 0.25) is 0 Å². The number of hydrogen-bond acceptors (Lipinski definition) is 5. The van der Waals surface area contributed by atoms with E-state index in [4.69, 9.17) is 13.9 Å². The van der Waals surface area contributed by atoms with Crippen molar-refractivity contribution in [2.24, 2.45) is 5.92 Å². The summed E-state index contributed by atoms with van der Waals surface area (Å²) in [5, 5.41) is 2.90. The zero-order valence-electron chi connectivity index (χ0n) is 18.0. The minimum Gasteiger partial charge on any atom is -0.455 e. The number of hydrogen-bond donors (Lipinski definition) is 1. The third-order valence-corrected chi connectivity index (χ3v) is 5.03. The maximum atomic E-state index is 12.3. The minimum atomic E-state index is -0.176. The van der Waals surface area contributed by atoms with Crippen molar-refractivity contribution in [3.05, 3.63) is 83.3 Å². The Balaban J connectivity index is 1.47. The van der Waals surface area contributed by atoms with Crippen LogP contribution in [-0.4, -0.2) is 24.1 Å². The van der Waals surface area contributed by atoms with Gasteiger partial charge in [0, 0.05) is 19.6 Å². The van der Waals surface area contributed by atoms with Crippen molar-refractivity contribution in [1.29, 1.82) is 0 Å². The van der Waals surface area contributed by atoms with E-state index >= 15 is 0 Å². The summed E-state index contributed by atoms with van der Waals surface area (Å²) in [7, 11) is 0. The van der Waals surface area contributed by atoms with Gasteiger partial charge in [0.15, 0.2) is 17.3 Å². The molecule has 4 rings (SSSR count). The van der Waals surface area contributed by atoms with Gasteiger partial charge < -0.3 is 19.2 Å². The molecule has 0 aliphatic carbocycles. The minimum absolute atomic E-state index is 0.176. The highest BCUT2D eigenvalue weighted by Gasteiger charge is 2.17. The molecule has 1 aliphatic heterocycles. The molecule has 2 heterocycles. The second-order valence-corrected chi connectivity index (χ2v) is 8.19. The zero-order valence-corrected chi connectivity index (χ0v) is 18.0. The van der Waals surface area contributed by atoms with Crippen molar-refractivity contribution in [2.45, 2.75) is 33.5 Å². The second-order valence-electron chi connectivity index (χ2n) is 8.19. The number of benzene rings is 2. The maximum absolute atomic E-state index is 12.3. The lowest BCUT2D eigenvalue weighted by Crippen LogP contribution is -2.27. The Morgan fingerprint density at radius 1 is 0.935 bits per heavy atom. The lowest BCUT2D eigenvalue weighted by atomic mass is 10.1. The van der Waals surface area contributed by atoms with Crippen molar-refractivity contribution in [1.82, 2.24) is 10.2 Å². The molecular weight excluding hydrogens is 392 g/mol. The van der Waals surface area contributed by atoms with Crippen molar-refractivity contribution in [3.63, 3.8) is 0 Å². The van der Waals surface area contributed by atoms with Gasteiger partial charge in [-0.2, -0.15) is 0 Å².